The van der Waals surface area contributed by atoms with E-state index in [2.05, 4.69) is 20.5 Å². The van der Waals surface area contributed by atoms with Gasteiger partial charge in [0.15, 0.2) is 5.82 Å². The van der Waals surface area contributed by atoms with Crippen LogP contribution in [-0.2, 0) is 6.18 Å². The normalized spacial score (nSPS) is 19.8. The lowest BCUT2D eigenvalue weighted by Gasteiger charge is -2.27. The van der Waals surface area contributed by atoms with Gasteiger partial charge in [-0.25, -0.2) is 4.39 Å². The third-order valence-electron chi connectivity index (χ3n) is 5.21. The Morgan fingerprint density at radius 3 is 2.63 bits per heavy atom. The molecule has 4 rings (SSSR count). The van der Waals surface area contributed by atoms with Crippen LogP contribution in [0.3, 0.4) is 0 Å². The Balaban J connectivity index is 1.78. The van der Waals surface area contributed by atoms with Gasteiger partial charge in [0, 0.05) is 34.8 Å². The van der Waals surface area contributed by atoms with Gasteiger partial charge in [0.25, 0.3) is 0 Å². The molecule has 6 nitrogen and oxygen atoms in total. The second-order valence-electron chi connectivity index (χ2n) is 7.33. The standard InChI is InChI=1S/C20H18F4N4O2/c21-16-7-13(17(30)8-15(16)20(22,23)24)18-12-4-5-25-9-14(12)19(28-27-18)26-10-2-1-3-11(29)6-10/h4-5,7-11,29-30H,1-3,6H2,(H,26,28). The Labute approximate surface area is 168 Å². The molecule has 158 valence electrons. The van der Waals surface area contributed by atoms with Crippen LogP contribution in [0.25, 0.3) is 22.0 Å². The molecule has 1 saturated carbocycles. The maximum Gasteiger partial charge on any atom is 0.419 e. The predicted molar refractivity (Wildman–Crippen MR) is 101 cm³/mol. The van der Waals surface area contributed by atoms with Gasteiger partial charge in [-0.2, -0.15) is 13.2 Å². The van der Waals surface area contributed by atoms with Gasteiger partial charge in [-0.1, -0.05) is 0 Å². The van der Waals surface area contributed by atoms with Crippen LogP contribution in [0.4, 0.5) is 23.4 Å². The second-order valence-corrected chi connectivity index (χ2v) is 7.33. The topological polar surface area (TPSA) is 91.2 Å². The van der Waals surface area contributed by atoms with Gasteiger partial charge in [0.1, 0.15) is 17.3 Å². The van der Waals surface area contributed by atoms with Gasteiger partial charge in [-0.3, -0.25) is 4.98 Å². The molecule has 10 heteroatoms. The molecule has 0 bridgehead atoms. The minimum atomic E-state index is -4.93. The molecule has 0 saturated heterocycles. The van der Waals surface area contributed by atoms with Crippen molar-refractivity contribution in [2.24, 2.45) is 0 Å². The van der Waals surface area contributed by atoms with Gasteiger partial charge in [-0.15, -0.1) is 10.2 Å². The summed E-state index contributed by atoms with van der Waals surface area (Å²) in [6.45, 7) is 0. The highest BCUT2D eigenvalue weighted by atomic mass is 19.4. The smallest absolute Gasteiger partial charge is 0.419 e. The average molecular weight is 422 g/mol. The molecule has 0 radical (unpaired) electrons. The summed E-state index contributed by atoms with van der Waals surface area (Å²) in [5.74, 6) is -1.88. The molecular weight excluding hydrogens is 404 g/mol. The summed E-state index contributed by atoms with van der Waals surface area (Å²) in [7, 11) is 0. The Bertz CT molecular complexity index is 1090. The molecule has 1 aliphatic rings. The molecule has 3 aromatic rings. The third-order valence-corrected chi connectivity index (χ3v) is 5.21. The molecule has 0 amide bonds. The molecule has 2 unspecified atom stereocenters. The van der Waals surface area contributed by atoms with Crippen molar-refractivity contribution in [3.8, 4) is 17.0 Å². The van der Waals surface area contributed by atoms with E-state index in [1.165, 1.54) is 12.4 Å². The van der Waals surface area contributed by atoms with Gasteiger partial charge >= 0.3 is 6.18 Å². The Morgan fingerprint density at radius 1 is 1.10 bits per heavy atom. The summed E-state index contributed by atoms with van der Waals surface area (Å²) in [5, 5.41) is 32.4. The summed E-state index contributed by atoms with van der Waals surface area (Å²) in [6, 6.07) is 2.49. The van der Waals surface area contributed by atoms with E-state index in [4.69, 9.17) is 0 Å². The lowest BCUT2D eigenvalue weighted by atomic mass is 9.93. The minimum Gasteiger partial charge on any atom is -0.507 e. The highest BCUT2D eigenvalue weighted by Gasteiger charge is 2.35. The van der Waals surface area contributed by atoms with Crippen molar-refractivity contribution in [3.05, 3.63) is 42.0 Å². The molecule has 0 aliphatic heterocycles. The summed E-state index contributed by atoms with van der Waals surface area (Å²) >= 11 is 0. The average Bonchev–Trinajstić information content (AvgIpc) is 2.69. The number of halogens is 4. The van der Waals surface area contributed by atoms with Crippen molar-refractivity contribution >= 4 is 16.6 Å². The first-order chi connectivity index (χ1) is 14.2. The number of benzene rings is 1. The van der Waals surface area contributed by atoms with Crippen LogP contribution in [0.15, 0.2) is 30.6 Å². The number of aliphatic hydroxyl groups excluding tert-OH is 1. The van der Waals surface area contributed by atoms with Gasteiger partial charge in [0.2, 0.25) is 0 Å². The van der Waals surface area contributed by atoms with Gasteiger partial charge in [-0.05, 0) is 43.9 Å². The van der Waals surface area contributed by atoms with Crippen molar-refractivity contribution in [2.75, 3.05) is 5.32 Å². The first-order valence-electron chi connectivity index (χ1n) is 9.39. The molecule has 3 N–H and O–H groups in total. The van der Waals surface area contributed by atoms with E-state index in [1.807, 2.05) is 0 Å². The maximum absolute atomic E-state index is 14.1. The number of aromatic nitrogens is 3. The van der Waals surface area contributed by atoms with Crippen LogP contribution in [0.5, 0.6) is 5.75 Å². The number of aromatic hydroxyl groups is 1. The number of anilines is 1. The summed E-state index contributed by atoms with van der Waals surface area (Å²) < 4.78 is 52.8. The summed E-state index contributed by atoms with van der Waals surface area (Å²) in [4.78, 5) is 4.06. The van der Waals surface area contributed by atoms with E-state index in [9.17, 15) is 27.8 Å². The number of rotatable bonds is 3. The van der Waals surface area contributed by atoms with Crippen LogP contribution >= 0.6 is 0 Å². The SMILES string of the molecule is Oc1cc(C(F)(F)F)c(F)cc1-c1nnc(NC2CCCC(O)C2)c2cnccc12. The molecule has 2 aromatic heterocycles. The fourth-order valence-corrected chi connectivity index (χ4v) is 3.76. The quantitative estimate of drug-likeness (QED) is 0.546. The maximum atomic E-state index is 14.1. The number of phenolic OH excluding ortho intramolecular Hbond substituents is 1. The first-order valence-corrected chi connectivity index (χ1v) is 9.39. The molecule has 2 heterocycles. The number of phenols is 1. The van der Waals surface area contributed by atoms with Crippen LogP contribution in [0.1, 0.15) is 31.2 Å². The highest BCUT2D eigenvalue weighted by Crippen LogP contribution is 2.40. The van der Waals surface area contributed by atoms with Crippen molar-refractivity contribution in [3.63, 3.8) is 0 Å². The number of fused-ring (bicyclic) bond motifs is 1. The molecule has 0 spiro atoms. The van der Waals surface area contributed by atoms with Gasteiger partial charge < -0.3 is 15.5 Å². The fourth-order valence-electron chi connectivity index (χ4n) is 3.76. The van der Waals surface area contributed by atoms with E-state index >= 15 is 0 Å². The third kappa shape index (κ3) is 3.87. The number of hydrogen-bond acceptors (Lipinski definition) is 6. The monoisotopic (exact) mass is 422 g/mol. The van der Waals surface area contributed by atoms with Crippen LogP contribution in [0, 0.1) is 5.82 Å². The molecule has 30 heavy (non-hydrogen) atoms. The van der Waals surface area contributed by atoms with Gasteiger partial charge in [0.05, 0.1) is 11.7 Å². The summed E-state index contributed by atoms with van der Waals surface area (Å²) in [6.07, 6.45) is 0.619. The molecule has 2 atom stereocenters. The van der Waals surface area contributed by atoms with E-state index < -0.39 is 29.4 Å². The predicted octanol–water partition coefficient (Wildman–Crippen LogP) is 4.27. The van der Waals surface area contributed by atoms with Crippen molar-refractivity contribution in [2.45, 2.75) is 44.0 Å². The van der Waals surface area contributed by atoms with Crippen LogP contribution in [-0.4, -0.2) is 37.5 Å². The number of pyridine rings is 1. The summed E-state index contributed by atoms with van der Waals surface area (Å²) in [5.41, 5.74) is -1.73. The van der Waals surface area contributed by atoms with E-state index in [0.717, 1.165) is 19.3 Å². The number of aliphatic hydroxyl groups is 1. The Hall–Kier alpha value is -3.01. The number of nitrogens with one attached hydrogen (secondary N) is 1. The molecule has 1 aromatic carbocycles. The zero-order chi connectivity index (χ0) is 21.5. The highest BCUT2D eigenvalue weighted by molar-refractivity contribution is 6.00. The van der Waals surface area contributed by atoms with E-state index in [0.29, 0.717) is 35.1 Å². The zero-order valence-corrected chi connectivity index (χ0v) is 15.6. The zero-order valence-electron chi connectivity index (χ0n) is 15.6. The molecular formula is C20H18F4N4O2. The Morgan fingerprint density at radius 2 is 1.90 bits per heavy atom. The molecule has 1 aliphatic carbocycles. The Kier molecular flexibility index (Phi) is 5.19. The fraction of sp³-hybridized carbons (Fsp3) is 0.350. The molecule has 1 fully saturated rings. The van der Waals surface area contributed by atoms with Crippen LogP contribution in [0.2, 0.25) is 0 Å². The first kappa shape index (κ1) is 20.3. The van der Waals surface area contributed by atoms with Crippen molar-refractivity contribution in [1.29, 1.82) is 0 Å². The minimum absolute atomic E-state index is 0.0192. The lowest BCUT2D eigenvalue weighted by molar-refractivity contribution is -0.140. The second kappa shape index (κ2) is 7.67. The van der Waals surface area contributed by atoms with Crippen molar-refractivity contribution in [1.82, 2.24) is 15.2 Å². The van der Waals surface area contributed by atoms with Crippen molar-refractivity contribution < 1.29 is 27.8 Å². The number of alkyl halides is 3. The van der Waals surface area contributed by atoms with Crippen LogP contribution < -0.4 is 5.32 Å². The lowest BCUT2D eigenvalue weighted by Crippen LogP contribution is -2.30. The number of hydrogen-bond donors (Lipinski definition) is 3. The number of nitrogens with zero attached hydrogens (tertiary/aromatic N) is 3. The van der Waals surface area contributed by atoms with E-state index in [-0.39, 0.29) is 17.3 Å². The van der Waals surface area contributed by atoms with E-state index in [1.54, 1.807) is 6.07 Å². The largest absolute Gasteiger partial charge is 0.507 e.